The summed E-state index contributed by atoms with van der Waals surface area (Å²) in [6.45, 7) is 0.807. The number of nitrogen functional groups attached to an aromatic ring is 1. The van der Waals surface area contributed by atoms with E-state index in [1.54, 1.807) is 0 Å². The Morgan fingerprint density at radius 1 is 1.29 bits per heavy atom. The van der Waals surface area contributed by atoms with Crippen molar-refractivity contribution in [2.24, 2.45) is 5.92 Å². The van der Waals surface area contributed by atoms with Gasteiger partial charge in [0.25, 0.3) is 0 Å². The second kappa shape index (κ2) is 4.11. The number of ether oxygens (including phenoxy) is 1. The zero-order chi connectivity index (χ0) is 10.1. The molecule has 14 heavy (non-hydrogen) atoms. The van der Waals surface area contributed by atoms with E-state index in [9.17, 15) is 0 Å². The Balaban J connectivity index is 2.13. The van der Waals surface area contributed by atoms with Crippen LogP contribution >= 0.6 is 31.9 Å². The molecule has 76 valence electrons. The molecule has 0 saturated heterocycles. The molecular formula is C10H11Br2NO. The molecule has 1 aliphatic carbocycles. The summed E-state index contributed by atoms with van der Waals surface area (Å²) < 4.78 is 7.51. The van der Waals surface area contributed by atoms with Gasteiger partial charge in [-0.3, -0.25) is 0 Å². The highest BCUT2D eigenvalue weighted by molar-refractivity contribution is 9.11. The van der Waals surface area contributed by atoms with Gasteiger partial charge in [0, 0.05) is 5.69 Å². The molecule has 0 aliphatic heterocycles. The van der Waals surface area contributed by atoms with Crippen molar-refractivity contribution in [3.05, 3.63) is 21.1 Å². The van der Waals surface area contributed by atoms with Crippen molar-refractivity contribution in [1.29, 1.82) is 0 Å². The zero-order valence-corrected chi connectivity index (χ0v) is 10.8. The van der Waals surface area contributed by atoms with Crippen LogP contribution in [0.4, 0.5) is 5.69 Å². The molecular weight excluding hydrogens is 310 g/mol. The van der Waals surface area contributed by atoms with Crippen molar-refractivity contribution in [2.75, 3.05) is 12.3 Å². The van der Waals surface area contributed by atoms with Crippen LogP contribution in [0.2, 0.25) is 0 Å². The molecule has 0 radical (unpaired) electrons. The Bertz CT molecular complexity index is 327. The summed E-state index contributed by atoms with van der Waals surface area (Å²) in [5.41, 5.74) is 6.41. The molecule has 0 heterocycles. The van der Waals surface area contributed by atoms with E-state index >= 15 is 0 Å². The lowest BCUT2D eigenvalue weighted by Gasteiger charge is -2.10. The van der Waals surface area contributed by atoms with Gasteiger partial charge in [-0.1, -0.05) is 0 Å². The van der Waals surface area contributed by atoms with Gasteiger partial charge in [-0.2, -0.15) is 0 Å². The quantitative estimate of drug-likeness (QED) is 0.864. The smallest absolute Gasteiger partial charge is 0.147 e. The Labute approximate surface area is 100 Å². The van der Waals surface area contributed by atoms with Gasteiger partial charge in [-0.05, 0) is 62.8 Å². The fourth-order valence-corrected chi connectivity index (χ4v) is 2.65. The van der Waals surface area contributed by atoms with Gasteiger partial charge in [-0.15, -0.1) is 0 Å². The molecule has 0 spiro atoms. The summed E-state index contributed by atoms with van der Waals surface area (Å²) in [5, 5.41) is 0. The third-order valence-electron chi connectivity index (χ3n) is 2.18. The largest absolute Gasteiger partial charge is 0.491 e. The number of nitrogens with two attached hydrogens (primary N) is 1. The molecule has 1 saturated carbocycles. The molecule has 2 rings (SSSR count). The molecule has 1 aromatic carbocycles. The van der Waals surface area contributed by atoms with E-state index in [4.69, 9.17) is 10.5 Å². The van der Waals surface area contributed by atoms with Crippen LogP contribution < -0.4 is 10.5 Å². The third kappa shape index (κ3) is 2.42. The van der Waals surface area contributed by atoms with Crippen LogP contribution in [0.25, 0.3) is 0 Å². The predicted molar refractivity (Wildman–Crippen MR) is 64.5 cm³/mol. The minimum atomic E-state index is 0.725. The lowest BCUT2D eigenvalue weighted by Crippen LogP contribution is -2.00. The van der Waals surface area contributed by atoms with Crippen molar-refractivity contribution in [1.82, 2.24) is 0 Å². The summed E-state index contributed by atoms with van der Waals surface area (Å²) in [4.78, 5) is 0. The van der Waals surface area contributed by atoms with Crippen molar-refractivity contribution < 1.29 is 4.74 Å². The normalized spacial score (nSPS) is 15.6. The molecule has 1 aromatic rings. The van der Waals surface area contributed by atoms with E-state index < -0.39 is 0 Å². The van der Waals surface area contributed by atoms with Crippen molar-refractivity contribution >= 4 is 37.5 Å². The average molecular weight is 321 g/mol. The minimum Gasteiger partial charge on any atom is -0.491 e. The Morgan fingerprint density at radius 3 is 2.36 bits per heavy atom. The van der Waals surface area contributed by atoms with E-state index in [1.165, 1.54) is 12.8 Å². The SMILES string of the molecule is Nc1cc(Br)c(OCC2CC2)c(Br)c1. The van der Waals surface area contributed by atoms with E-state index in [-0.39, 0.29) is 0 Å². The van der Waals surface area contributed by atoms with Gasteiger partial charge >= 0.3 is 0 Å². The van der Waals surface area contributed by atoms with Gasteiger partial charge in [0.05, 0.1) is 15.6 Å². The highest BCUT2D eigenvalue weighted by Gasteiger charge is 2.22. The van der Waals surface area contributed by atoms with Gasteiger partial charge in [0.2, 0.25) is 0 Å². The maximum Gasteiger partial charge on any atom is 0.147 e. The first kappa shape index (κ1) is 10.3. The van der Waals surface area contributed by atoms with Crippen LogP contribution in [0, 0.1) is 5.92 Å². The maximum atomic E-state index is 5.70. The van der Waals surface area contributed by atoms with E-state index in [2.05, 4.69) is 31.9 Å². The highest BCUT2D eigenvalue weighted by Crippen LogP contribution is 2.37. The Hall–Kier alpha value is -0.220. The van der Waals surface area contributed by atoms with Crippen LogP contribution in [0.3, 0.4) is 0 Å². The molecule has 0 amide bonds. The molecule has 0 bridgehead atoms. The van der Waals surface area contributed by atoms with Crippen LogP contribution in [0.15, 0.2) is 21.1 Å². The fourth-order valence-electron chi connectivity index (χ4n) is 1.20. The van der Waals surface area contributed by atoms with Gasteiger partial charge in [0.15, 0.2) is 0 Å². The molecule has 0 unspecified atom stereocenters. The number of rotatable bonds is 3. The molecule has 2 N–H and O–H groups in total. The van der Waals surface area contributed by atoms with Crippen LogP contribution in [0.5, 0.6) is 5.75 Å². The number of halogens is 2. The van der Waals surface area contributed by atoms with Gasteiger partial charge in [0.1, 0.15) is 5.75 Å². The van der Waals surface area contributed by atoms with E-state index in [0.29, 0.717) is 0 Å². The molecule has 2 nitrogen and oxygen atoms in total. The van der Waals surface area contributed by atoms with Crippen molar-refractivity contribution in [3.63, 3.8) is 0 Å². The van der Waals surface area contributed by atoms with Gasteiger partial charge < -0.3 is 10.5 Å². The standard InChI is InChI=1S/C10H11Br2NO/c11-8-3-7(13)4-9(12)10(8)14-5-6-1-2-6/h3-4,6H,1-2,5,13H2. The van der Waals surface area contributed by atoms with E-state index in [0.717, 1.165) is 32.9 Å². The minimum absolute atomic E-state index is 0.725. The number of hydrogen-bond acceptors (Lipinski definition) is 2. The first-order valence-corrected chi connectivity index (χ1v) is 6.12. The van der Waals surface area contributed by atoms with E-state index in [1.807, 2.05) is 12.1 Å². The Kier molecular flexibility index (Phi) is 3.02. The number of anilines is 1. The maximum absolute atomic E-state index is 5.70. The topological polar surface area (TPSA) is 35.2 Å². The van der Waals surface area contributed by atoms with Crippen molar-refractivity contribution in [2.45, 2.75) is 12.8 Å². The summed E-state index contributed by atoms with van der Waals surface area (Å²) in [6.07, 6.45) is 2.59. The zero-order valence-electron chi connectivity index (χ0n) is 7.59. The summed E-state index contributed by atoms with van der Waals surface area (Å²) in [7, 11) is 0. The first-order valence-electron chi connectivity index (χ1n) is 4.54. The van der Waals surface area contributed by atoms with Crippen LogP contribution in [-0.2, 0) is 0 Å². The highest BCUT2D eigenvalue weighted by atomic mass is 79.9. The number of benzene rings is 1. The fraction of sp³-hybridized carbons (Fsp3) is 0.400. The molecule has 1 fully saturated rings. The summed E-state index contributed by atoms with van der Waals surface area (Å²) in [6, 6.07) is 3.71. The summed E-state index contributed by atoms with van der Waals surface area (Å²) >= 11 is 6.87. The Morgan fingerprint density at radius 2 is 1.86 bits per heavy atom. The van der Waals surface area contributed by atoms with Crippen molar-refractivity contribution in [3.8, 4) is 5.75 Å². The lowest BCUT2D eigenvalue weighted by molar-refractivity contribution is 0.296. The first-order chi connectivity index (χ1) is 6.66. The predicted octanol–water partition coefficient (Wildman–Crippen LogP) is 3.58. The third-order valence-corrected chi connectivity index (χ3v) is 3.36. The second-order valence-corrected chi connectivity index (χ2v) is 5.28. The second-order valence-electron chi connectivity index (χ2n) is 3.57. The summed E-state index contributed by atoms with van der Waals surface area (Å²) in [5.74, 6) is 1.61. The molecule has 0 aromatic heterocycles. The number of hydrogen-bond donors (Lipinski definition) is 1. The monoisotopic (exact) mass is 319 g/mol. The molecule has 0 atom stereocenters. The van der Waals surface area contributed by atoms with Gasteiger partial charge in [-0.25, -0.2) is 0 Å². The molecule has 1 aliphatic rings. The molecule has 4 heteroatoms. The lowest BCUT2D eigenvalue weighted by atomic mass is 10.3. The van der Waals surface area contributed by atoms with Crippen LogP contribution in [-0.4, -0.2) is 6.61 Å². The van der Waals surface area contributed by atoms with Crippen LogP contribution in [0.1, 0.15) is 12.8 Å². The average Bonchev–Trinajstić information content (AvgIpc) is 2.85.